The van der Waals surface area contributed by atoms with Crippen LogP contribution in [0, 0.1) is 5.92 Å². The maximum Gasteiger partial charge on any atom is 0.351 e. The minimum absolute atomic E-state index is 0.346. The van der Waals surface area contributed by atoms with E-state index in [1.165, 1.54) is 0 Å². The summed E-state index contributed by atoms with van der Waals surface area (Å²) in [6, 6.07) is 0. The molecule has 0 aliphatic heterocycles. The van der Waals surface area contributed by atoms with Gasteiger partial charge in [0.15, 0.2) is 0 Å². The van der Waals surface area contributed by atoms with Gasteiger partial charge >= 0.3 is 5.97 Å². The van der Waals surface area contributed by atoms with Crippen LogP contribution < -0.4 is 5.90 Å². The molecule has 0 aromatic heterocycles. The van der Waals surface area contributed by atoms with Crippen molar-refractivity contribution < 1.29 is 9.63 Å². The van der Waals surface area contributed by atoms with Gasteiger partial charge in [0.2, 0.25) is 0 Å². The van der Waals surface area contributed by atoms with Gasteiger partial charge in [0.25, 0.3) is 0 Å². The van der Waals surface area contributed by atoms with Crippen LogP contribution in [0.25, 0.3) is 0 Å². The molecule has 0 radical (unpaired) electrons. The molecule has 0 amide bonds. The Kier molecular flexibility index (Phi) is 3.72. The van der Waals surface area contributed by atoms with Crippen LogP contribution in [0.1, 0.15) is 20.8 Å². The molecule has 58 valence electrons. The fourth-order valence-corrected chi connectivity index (χ4v) is 0.661. The van der Waals surface area contributed by atoms with Crippen LogP contribution >= 0.6 is 0 Å². The van der Waals surface area contributed by atoms with E-state index in [1.54, 1.807) is 13.0 Å². The molecule has 2 N–H and O–H groups in total. The van der Waals surface area contributed by atoms with E-state index in [9.17, 15) is 4.79 Å². The maximum absolute atomic E-state index is 10.6. The summed E-state index contributed by atoms with van der Waals surface area (Å²) in [5.41, 5.74) is 0.553. The van der Waals surface area contributed by atoms with E-state index in [-0.39, 0.29) is 0 Å². The van der Waals surface area contributed by atoms with Gasteiger partial charge in [-0.15, -0.1) is 0 Å². The largest absolute Gasteiger partial charge is 0.370 e. The fraction of sp³-hybridized carbons (Fsp3) is 0.571. The first-order valence-corrected chi connectivity index (χ1v) is 3.17. The predicted octanol–water partition coefficient (Wildman–Crippen LogP) is 1.01. The van der Waals surface area contributed by atoms with E-state index >= 15 is 0 Å². The third-order valence-corrected chi connectivity index (χ3v) is 1.01. The monoisotopic (exact) mass is 143 g/mol. The van der Waals surface area contributed by atoms with Gasteiger partial charge in [-0.05, 0) is 12.8 Å². The van der Waals surface area contributed by atoms with Gasteiger partial charge < -0.3 is 4.84 Å². The number of nitrogens with two attached hydrogens (primary N) is 1. The Morgan fingerprint density at radius 1 is 1.60 bits per heavy atom. The molecule has 0 atom stereocenters. The summed E-state index contributed by atoms with van der Waals surface area (Å²) < 4.78 is 0. The predicted molar refractivity (Wildman–Crippen MR) is 38.9 cm³/mol. The normalized spacial score (nSPS) is 11.9. The molecule has 0 spiro atoms. The van der Waals surface area contributed by atoms with Crippen LogP contribution in [0.4, 0.5) is 0 Å². The Hall–Kier alpha value is -0.830. The highest BCUT2D eigenvalue weighted by Gasteiger charge is 2.03. The van der Waals surface area contributed by atoms with Gasteiger partial charge in [0.05, 0.1) is 0 Å². The molecule has 0 aliphatic rings. The van der Waals surface area contributed by atoms with Crippen molar-refractivity contribution in [1.82, 2.24) is 0 Å². The van der Waals surface area contributed by atoms with Crippen LogP contribution in [0.15, 0.2) is 11.6 Å². The zero-order valence-electron chi connectivity index (χ0n) is 6.55. The first kappa shape index (κ1) is 9.17. The highest BCUT2D eigenvalue weighted by Crippen LogP contribution is 2.01. The molecule has 0 bridgehead atoms. The highest BCUT2D eigenvalue weighted by atomic mass is 16.7. The highest BCUT2D eigenvalue weighted by molar-refractivity contribution is 5.87. The zero-order valence-corrected chi connectivity index (χ0v) is 6.55. The molecule has 0 rings (SSSR count). The van der Waals surface area contributed by atoms with Crippen molar-refractivity contribution >= 4 is 5.97 Å². The minimum atomic E-state index is -0.464. The molecule has 0 aromatic rings. The Labute approximate surface area is 60.8 Å². The fourth-order valence-electron chi connectivity index (χ4n) is 0.661. The third-order valence-electron chi connectivity index (χ3n) is 1.01. The molecular weight excluding hydrogens is 130 g/mol. The summed E-state index contributed by atoms with van der Waals surface area (Å²) in [6.45, 7) is 5.63. The second-order valence-corrected chi connectivity index (χ2v) is 2.50. The zero-order chi connectivity index (χ0) is 8.15. The molecule has 0 unspecified atom stereocenters. The Bertz CT molecular complexity index is 150. The number of hydrogen-bond donors (Lipinski definition) is 1. The Morgan fingerprint density at radius 3 is 2.40 bits per heavy atom. The minimum Gasteiger partial charge on any atom is -0.370 e. The van der Waals surface area contributed by atoms with Crippen molar-refractivity contribution in [2.75, 3.05) is 0 Å². The molecule has 0 saturated carbocycles. The second-order valence-electron chi connectivity index (χ2n) is 2.50. The number of rotatable bonds is 2. The number of hydrogen-bond acceptors (Lipinski definition) is 3. The van der Waals surface area contributed by atoms with Gasteiger partial charge in [0, 0.05) is 5.57 Å². The lowest BCUT2D eigenvalue weighted by Gasteiger charge is -1.98. The quantitative estimate of drug-likeness (QED) is 0.463. The first-order valence-electron chi connectivity index (χ1n) is 3.17. The van der Waals surface area contributed by atoms with Crippen molar-refractivity contribution in [2.24, 2.45) is 11.8 Å². The number of carbonyl (C=O) groups is 1. The van der Waals surface area contributed by atoms with E-state index in [1.807, 2.05) is 13.8 Å². The standard InChI is InChI=1S/C7H13NO2/c1-5(2)4-6(3)7(9)10-8/h4-5H,8H2,1-3H3. The summed E-state index contributed by atoms with van der Waals surface area (Å²) in [6.07, 6.45) is 1.80. The first-order chi connectivity index (χ1) is 4.57. The molecule has 3 nitrogen and oxygen atoms in total. The van der Waals surface area contributed by atoms with E-state index in [4.69, 9.17) is 0 Å². The molecule has 0 fully saturated rings. The number of carbonyl (C=O) groups excluding carboxylic acids is 1. The lowest BCUT2D eigenvalue weighted by atomic mass is 10.1. The summed E-state index contributed by atoms with van der Waals surface area (Å²) in [4.78, 5) is 14.6. The average molecular weight is 143 g/mol. The van der Waals surface area contributed by atoms with Crippen molar-refractivity contribution in [1.29, 1.82) is 0 Å². The maximum atomic E-state index is 10.6. The SMILES string of the molecule is CC(=CC(C)C)C(=O)ON. The van der Waals surface area contributed by atoms with Crippen molar-refractivity contribution in [2.45, 2.75) is 20.8 Å². The third kappa shape index (κ3) is 3.25. The van der Waals surface area contributed by atoms with Gasteiger partial charge in [-0.2, -0.15) is 5.90 Å². The van der Waals surface area contributed by atoms with Crippen LogP contribution in [0.3, 0.4) is 0 Å². The molecular formula is C7H13NO2. The summed E-state index contributed by atoms with van der Waals surface area (Å²) in [5, 5.41) is 0. The van der Waals surface area contributed by atoms with Crippen molar-refractivity contribution in [3.05, 3.63) is 11.6 Å². The summed E-state index contributed by atoms with van der Waals surface area (Å²) in [7, 11) is 0. The topological polar surface area (TPSA) is 52.3 Å². The van der Waals surface area contributed by atoms with E-state index in [0.717, 1.165) is 0 Å². The van der Waals surface area contributed by atoms with E-state index in [0.29, 0.717) is 11.5 Å². The smallest absolute Gasteiger partial charge is 0.351 e. The van der Waals surface area contributed by atoms with Crippen LogP contribution in [0.2, 0.25) is 0 Å². The molecule has 0 saturated heterocycles. The van der Waals surface area contributed by atoms with Crippen LogP contribution in [-0.2, 0) is 9.63 Å². The van der Waals surface area contributed by atoms with Crippen molar-refractivity contribution in [3.8, 4) is 0 Å². The Morgan fingerprint density at radius 2 is 2.10 bits per heavy atom. The number of allylic oxidation sites excluding steroid dienone is 1. The molecule has 0 aromatic carbocycles. The lowest BCUT2D eigenvalue weighted by molar-refractivity contribution is -0.139. The second kappa shape index (κ2) is 4.06. The Balaban J connectivity index is 4.05. The van der Waals surface area contributed by atoms with Gasteiger partial charge in [-0.3, -0.25) is 0 Å². The van der Waals surface area contributed by atoms with E-state index in [2.05, 4.69) is 10.7 Å². The lowest BCUT2D eigenvalue weighted by Crippen LogP contribution is -2.11. The average Bonchev–Trinajstić information content (AvgIpc) is 1.85. The molecule has 3 heteroatoms. The molecule has 0 heterocycles. The van der Waals surface area contributed by atoms with Crippen LogP contribution in [-0.4, -0.2) is 5.97 Å². The molecule has 10 heavy (non-hydrogen) atoms. The summed E-state index contributed by atoms with van der Waals surface area (Å²) >= 11 is 0. The van der Waals surface area contributed by atoms with Gasteiger partial charge in [0.1, 0.15) is 0 Å². The van der Waals surface area contributed by atoms with E-state index < -0.39 is 5.97 Å². The van der Waals surface area contributed by atoms with Gasteiger partial charge in [-0.25, -0.2) is 4.79 Å². The van der Waals surface area contributed by atoms with Crippen molar-refractivity contribution in [3.63, 3.8) is 0 Å². The summed E-state index contributed by atoms with van der Waals surface area (Å²) in [5.74, 6) is 4.54. The van der Waals surface area contributed by atoms with Gasteiger partial charge in [-0.1, -0.05) is 19.9 Å². The molecule has 0 aliphatic carbocycles. The van der Waals surface area contributed by atoms with Crippen LogP contribution in [0.5, 0.6) is 0 Å².